The molecule has 0 bridgehead atoms. The van der Waals surface area contributed by atoms with Crippen LogP contribution in [0.25, 0.3) is 0 Å². The Morgan fingerprint density at radius 3 is 2.68 bits per heavy atom. The number of rotatable bonds is 6. The number of benzene rings is 1. The predicted octanol–water partition coefficient (Wildman–Crippen LogP) is 1.40. The standard InChI is InChI=1S/C15H22N2O4S/c1-12-5-8-17(9-6-12)10-7-16-22(20,21)14-4-2-3-13(11-14)15(18)19/h2-4,11-12,16H,5-10H2,1H3,(H,18,19). The Bertz CT molecular complexity index is 622. The Labute approximate surface area is 131 Å². The molecule has 0 aliphatic carbocycles. The van der Waals surface area contributed by atoms with Crippen molar-refractivity contribution in [3.8, 4) is 0 Å². The highest BCUT2D eigenvalue weighted by molar-refractivity contribution is 7.89. The fraction of sp³-hybridized carbons (Fsp3) is 0.533. The number of sulfonamides is 1. The SMILES string of the molecule is CC1CCN(CCNS(=O)(=O)c2cccc(C(=O)O)c2)CC1. The summed E-state index contributed by atoms with van der Waals surface area (Å²) in [7, 11) is -3.67. The summed E-state index contributed by atoms with van der Waals surface area (Å²) < 4.78 is 26.9. The minimum atomic E-state index is -3.67. The highest BCUT2D eigenvalue weighted by atomic mass is 32.2. The van der Waals surface area contributed by atoms with Gasteiger partial charge < -0.3 is 10.0 Å². The lowest BCUT2D eigenvalue weighted by Crippen LogP contribution is -2.39. The van der Waals surface area contributed by atoms with Crippen molar-refractivity contribution in [2.45, 2.75) is 24.7 Å². The molecular formula is C15H22N2O4S. The lowest BCUT2D eigenvalue weighted by atomic mass is 9.99. The Hall–Kier alpha value is -1.44. The van der Waals surface area contributed by atoms with Crippen LogP contribution in [0.2, 0.25) is 0 Å². The van der Waals surface area contributed by atoms with Gasteiger partial charge in [-0.2, -0.15) is 0 Å². The summed E-state index contributed by atoms with van der Waals surface area (Å²) in [6.45, 7) is 5.23. The van der Waals surface area contributed by atoms with Gasteiger partial charge >= 0.3 is 5.97 Å². The number of piperidine rings is 1. The molecule has 122 valence electrons. The Morgan fingerprint density at radius 1 is 1.36 bits per heavy atom. The molecule has 0 radical (unpaired) electrons. The molecular weight excluding hydrogens is 304 g/mol. The van der Waals surface area contributed by atoms with Crippen LogP contribution in [0, 0.1) is 5.92 Å². The van der Waals surface area contributed by atoms with E-state index in [1.807, 2.05) is 0 Å². The number of carbonyl (C=O) groups is 1. The van der Waals surface area contributed by atoms with Crippen LogP contribution in [-0.4, -0.2) is 50.6 Å². The lowest BCUT2D eigenvalue weighted by molar-refractivity contribution is 0.0696. The van der Waals surface area contributed by atoms with Gasteiger partial charge in [-0.3, -0.25) is 0 Å². The number of aromatic carboxylic acids is 1. The molecule has 1 aliphatic rings. The predicted molar refractivity (Wildman–Crippen MR) is 83.4 cm³/mol. The van der Waals surface area contributed by atoms with Crippen molar-refractivity contribution in [2.75, 3.05) is 26.2 Å². The van der Waals surface area contributed by atoms with E-state index in [1.54, 1.807) is 0 Å². The number of hydrogen-bond donors (Lipinski definition) is 2. The van der Waals surface area contributed by atoms with Gasteiger partial charge in [0.25, 0.3) is 0 Å². The summed E-state index contributed by atoms with van der Waals surface area (Å²) in [6.07, 6.45) is 2.29. The number of hydrogen-bond acceptors (Lipinski definition) is 4. The number of nitrogens with zero attached hydrogens (tertiary/aromatic N) is 1. The Morgan fingerprint density at radius 2 is 2.05 bits per heavy atom. The summed E-state index contributed by atoms with van der Waals surface area (Å²) in [6, 6.07) is 5.38. The van der Waals surface area contributed by atoms with Crippen LogP contribution in [0.5, 0.6) is 0 Å². The fourth-order valence-corrected chi connectivity index (χ4v) is 3.57. The van der Waals surface area contributed by atoms with Gasteiger partial charge in [-0.05, 0) is 50.0 Å². The van der Waals surface area contributed by atoms with Crippen LogP contribution in [0.15, 0.2) is 29.2 Å². The van der Waals surface area contributed by atoms with Crippen molar-refractivity contribution in [3.63, 3.8) is 0 Å². The van der Waals surface area contributed by atoms with E-state index in [0.29, 0.717) is 13.1 Å². The maximum atomic E-state index is 12.2. The summed E-state index contributed by atoms with van der Waals surface area (Å²) in [5.74, 6) is -0.397. The van der Waals surface area contributed by atoms with E-state index in [1.165, 1.54) is 24.3 Å². The topological polar surface area (TPSA) is 86.7 Å². The normalized spacial score (nSPS) is 17.5. The van der Waals surface area contributed by atoms with Crippen LogP contribution < -0.4 is 4.72 Å². The summed E-state index contributed by atoms with van der Waals surface area (Å²) in [4.78, 5) is 13.1. The number of carboxylic acid groups (broad SMARTS) is 1. The Kier molecular flexibility index (Phi) is 5.55. The van der Waals surface area contributed by atoms with Crippen molar-refractivity contribution in [3.05, 3.63) is 29.8 Å². The molecule has 1 aromatic rings. The monoisotopic (exact) mass is 326 g/mol. The van der Waals surface area contributed by atoms with Gasteiger partial charge in [0.15, 0.2) is 0 Å². The minimum absolute atomic E-state index is 0.0142. The van der Waals surface area contributed by atoms with Gasteiger partial charge in [-0.1, -0.05) is 13.0 Å². The van der Waals surface area contributed by atoms with Gasteiger partial charge in [-0.25, -0.2) is 17.9 Å². The maximum absolute atomic E-state index is 12.2. The van der Waals surface area contributed by atoms with Crippen LogP contribution in [0.4, 0.5) is 0 Å². The molecule has 0 spiro atoms. The summed E-state index contributed by atoms with van der Waals surface area (Å²) >= 11 is 0. The average molecular weight is 326 g/mol. The Balaban J connectivity index is 1.91. The zero-order chi connectivity index (χ0) is 16.2. The molecule has 1 fully saturated rings. The molecule has 1 heterocycles. The molecule has 0 amide bonds. The van der Waals surface area contributed by atoms with Crippen molar-refractivity contribution < 1.29 is 18.3 Å². The third-order valence-corrected chi connectivity index (χ3v) is 5.45. The van der Waals surface area contributed by atoms with E-state index in [4.69, 9.17) is 5.11 Å². The fourth-order valence-electron chi connectivity index (χ4n) is 2.50. The number of carboxylic acids is 1. The molecule has 0 unspecified atom stereocenters. The van der Waals surface area contributed by atoms with Crippen molar-refractivity contribution in [2.24, 2.45) is 5.92 Å². The second kappa shape index (κ2) is 7.21. The van der Waals surface area contributed by atoms with Gasteiger partial charge in [0, 0.05) is 13.1 Å². The quantitative estimate of drug-likeness (QED) is 0.825. The summed E-state index contributed by atoms with van der Waals surface area (Å²) in [5, 5.41) is 8.92. The van der Waals surface area contributed by atoms with E-state index < -0.39 is 16.0 Å². The van der Waals surface area contributed by atoms with Crippen LogP contribution in [-0.2, 0) is 10.0 Å². The van der Waals surface area contributed by atoms with Crippen molar-refractivity contribution in [1.29, 1.82) is 0 Å². The zero-order valence-electron chi connectivity index (χ0n) is 12.7. The van der Waals surface area contributed by atoms with Crippen molar-refractivity contribution >= 4 is 16.0 Å². The molecule has 0 atom stereocenters. The molecule has 0 aromatic heterocycles. The molecule has 2 rings (SSSR count). The lowest BCUT2D eigenvalue weighted by Gasteiger charge is -2.30. The summed E-state index contributed by atoms with van der Waals surface area (Å²) in [5.41, 5.74) is -0.0344. The third kappa shape index (κ3) is 4.53. The second-order valence-electron chi connectivity index (χ2n) is 5.75. The highest BCUT2D eigenvalue weighted by Gasteiger charge is 2.18. The first-order chi connectivity index (χ1) is 10.4. The van der Waals surface area contributed by atoms with Crippen LogP contribution in [0.3, 0.4) is 0 Å². The largest absolute Gasteiger partial charge is 0.478 e. The molecule has 22 heavy (non-hydrogen) atoms. The third-order valence-electron chi connectivity index (χ3n) is 3.99. The van der Waals surface area contributed by atoms with E-state index in [9.17, 15) is 13.2 Å². The molecule has 0 saturated carbocycles. The molecule has 7 heteroatoms. The molecule has 1 saturated heterocycles. The van der Waals surface area contributed by atoms with E-state index in [0.717, 1.165) is 31.8 Å². The molecule has 1 aliphatic heterocycles. The van der Waals surface area contributed by atoms with Gasteiger partial charge in [0.2, 0.25) is 10.0 Å². The molecule has 1 aromatic carbocycles. The van der Waals surface area contributed by atoms with Crippen molar-refractivity contribution in [1.82, 2.24) is 9.62 Å². The van der Waals surface area contributed by atoms with Crippen LogP contribution >= 0.6 is 0 Å². The van der Waals surface area contributed by atoms with Gasteiger partial charge in [0.1, 0.15) is 0 Å². The van der Waals surface area contributed by atoms with Crippen LogP contribution in [0.1, 0.15) is 30.1 Å². The number of nitrogens with one attached hydrogen (secondary N) is 1. The van der Waals surface area contributed by atoms with Gasteiger partial charge in [-0.15, -0.1) is 0 Å². The van der Waals surface area contributed by atoms with E-state index in [2.05, 4.69) is 16.5 Å². The van der Waals surface area contributed by atoms with E-state index in [-0.39, 0.29) is 10.5 Å². The molecule has 6 nitrogen and oxygen atoms in total. The second-order valence-corrected chi connectivity index (χ2v) is 7.52. The minimum Gasteiger partial charge on any atom is -0.478 e. The van der Waals surface area contributed by atoms with E-state index >= 15 is 0 Å². The van der Waals surface area contributed by atoms with Gasteiger partial charge in [0.05, 0.1) is 10.5 Å². The first kappa shape index (κ1) is 16.9. The maximum Gasteiger partial charge on any atom is 0.335 e. The zero-order valence-corrected chi connectivity index (χ0v) is 13.5. The highest BCUT2D eigenvalue weighted by Crippen LogP contribution is 2.15. The first-order valence-corrected chi connectivity index (χ1v) is 8.92. The number of likely N-dealkylation sites (tertiary alicyclic amines) is 1. The average Bonchev–Trinajstić information content (AvgIpc) is 2.49. The first-order valence-electron chi connectivity index (χ1n) is 7.44. The molecule has 2 N–H and O–H groups in total. The smallest absolute Gasteiger partial charge is 0.335 e.